The number of amides is 2. The number of pyridine rings is 1. The van der Waals surface area contributed by atoms with Crippen LogP contribution in [0.5, 0.6) is 5.75 Å². The summed E-state index contributed by atoms with van der Waals surface area (Å²) < 4.78 is 29.7. The highest BCUT2D eigenvalue weighted by atomic mass is 19.1. The average Bonchev–Trinajstić information content (AvgIpc) is 3.84. The lowest BCUT2D eigenvalue weighted by atomic mass is 10.1. The van der Waals surface area contributed by atoms with Crippen molar-refractivity contribution in [3.63, 3.8) is 0 Å². The van der Waals surface area contributed by atoms with Crippen LogP contribution in [0.25, 0.3) is 23.3 Å². The van der Waals surface area contributed by atoms with Crippen LogP contribution in [0.2, 0.25) is 0 Å². The Hall–Kier alpha value is -6.49. The molecule has 260 valence electrons. The Kier molecular flexibility index (Phi) is 10.4. The summed E-state index contributed by atoms with van der Waals surface area (Å²) in [7, 11) is 1.64. The monoisotopic (exact) mass is 690 g/mol. The number of hydrogen-bond acceptors (Lipinski definition) is 11. The Morgan fingerprint density at radius 2 is 1.69 bits per heavy atom. The van der Waals surface area contributed by atoms with Gasteiger partial charge in [-0.3, -0.25) is 14.6 Å². The van der Waals surface area contributed by atoms with Crippen molar-refractivity contribution in [3.8, 4) is 11.8 Å². The number of oxazole rings is 2. The molecule has 5 heterocycles. The van der Waals surface area contributed by atoms with E-state index in [-0.39, 0.29) is 17.4 Å². The summed E-state index contributed by atoms with van der Waals surface area (Å²) in [4.78, 5) is 45.5. The van der Waals surface area contributed by atoms with Crippen LogP contribution >= 0.6 is 0 Å². The zero-order valence-electron chi connectivity index (χ0n) is 28.0. The number of halogens is 1. The molecule has 2 aliphatic heterocycles. The molecule has 0 bridgehead atoms. The van der Waals surface area contributed by atoms with Gasteiger partial charge in [0.05, 0.1) is 41.8 Å². The summed E-state index contributed by atoms with van der Waals surface area (Å²) >= 11 is 0. The van der Waals surface area contributed by atoms with Crippen LogP contribution in [0.3, 0.4) is 0 Å². The van der Waals surface area contributed by atoms with Crippen LogP contribution in [0.4, 0.5) is 15.8 Å². The first-order valence-electron chi connectivity index (χ1n) is 16.2. The van der Waals surface area contributed by atoms with Crippen LogP contribution in [0.1, 0.15) is 15.9 Å². The molecule has 0 unspecified atom stereocenters. The highest BCUT2D eigenvalue weighted by Crippen LogP contribution is 2.28. The molecule has 2 amide bonds. The number of aromatic nitrogens is 3. The molecule has 2 aromatic carbocycles. The second-order valence-electron chi connectivity index (χ2n) is 11.7. The molecule has 51 heavy (non-hydrogen) atoms. The number of anilines is 2. The molecule has 14 heteroatoms. The topological polar surface area (TPSA) is 145 Å². The Morgan fingerprint density at radius 1 is 0.961 bits per heavy atom. The fourth-order valence-corrected chi connectivity index (χ4v) is 6.08. The maximum Gasteiger partial charge on any atom is 0.257 e. The van der Waals surface area contributed by atoms with Gasteiger partial charge in [0.25, 0.3) is 11.8 Å². The summed E-state index contributed by atoms with van der Waals surface area (Å²) in [6.45, 7) is 12.2. The predicted octanol–water partition coefficient (Wildman–Crippen LogP) is 2.97. The summed E-state index contributed by atoms with van der Waals surface area (Å²) in [6.07, 6.45) is 7.58. The summed E-state index contributed by atoms with van der Waals surface area (Å²) in [5, 5.41) is 9.42. The van der Waals surface area contributed by atoms with Crippen molar-refractivity contribution >= 4 is 46.4 Å². The van der Waals surface area contributed by atoms with Gasteiger partial charge in [-0.1, -0.05) is 25.3 Å². The van der Waals surface area contributed by atoms with Crippen molar-refractivity contribution in [2.75, 3.05) is 69.3 Å². The van der Waals surface area contributed by atoms with E-state index < -0.39 is 5.82 Å². The number of nitriles is 1. The van der Waals surface area contributed by atoms with E-state index >= 15 is 0 Å². The van der Waals surface area contributed by atoms with Crippen molar-refractivity contribution in [2.24, 2.45) is 0 Å². The molecule has 2 fully saturated rings. The molecular weight excluding hydrogens is 655 g/mol. The zero-order chi connectivity index (χ0) is 35.9. The first-order valence-corrected chi connectivity index (χ1v) is 16.2. The van der Waals surface area contributed by atoms with E-state index in [1.165, 1.54) is 31.0 Å². The van der Waals surface area contributed by atoms with Crippen molar-refractivity contribution in [2.45, 2.75) is 0 Å². The van der Waals surface area contributed by atoms with Gasteiger partial charge in [0.1, 0.15) is 22.4 Å². The Morgan fingerprint density at radius 3 is 2.37 bits per heavy atom. The number of carbonyl (C=O) groups is 2. The number of carbonyl (C=O) groups excluding carboxylic acids is 2. The maximum absolute atomic E-state index is 13.7. The summed E-state index contributed by atoms with van der Waals surface area (Å²) in [5.41, 5.74) is 4.26. The van der Waals surface area contributed by atoms with Gasteiger partial charge in [0.15, 0.2) is 23.8 Å². The normalized spacial score (nSPS) is 15.1. The second kappa shape index (κ2) is 15.4. The SMILES string of the molecule is C=C/C(C(=O)N1CCN(c2cnccc2OC)CC1)=c1/ocnc1=C.N#Cc1cc(F)cc(N2CCN(C(=O)c3cccc4ncoc34)CC2)c1. The fourth-order valence-electron chi connectivity index (χ4n) is 6.08. The first-order chi connectivity index (χ1) is 24.8. The Balaban J connectivity index is 0.000000176. The Bertz CT molecular complexity index is 2210. The minimum Gasteiger partial charge on any atom is -0.494 e. The summed E-state index contributed by atoms with van der Waals surface area (Å²) in [6, 6.07) is 13.4. The number of nitrogens with zero attached hydrogens (tertiary/aromatic N) is 8. The van der Waals surface area contributed by atoms with Crippen LogP contribution in [-0.4, -0.2) is 96.0 Å². The van der Waals surface area contributed by atoms with Crippen LogP contribution < -0.4 is 25.3 Å². The number of piperazine rings is 2. The number of hydrogen-bond donors (Lipinski definition) is 0. The minimum atomic E-state index is -0.436. The quantitative estimate of drug-likeness (QED) is 0.259. The van der Waals surface area contributed by atoms with Gasteiger partial charge in [-0.05, 0) is 30.3 Å². The van der Waals surface area contributed by atoms with Gasteiger partial charge < -0.3 is 33.2 Å². The van der Waals surface area contributed by atoms with Crippen molar-refractivity contribution in [1.29, 1.82) is 5.26 Å². The van der Waals surface area contributed by atoms with E-state index in [0.29, 0.717) is 91.0 Å². The highest BCUT2D eigenvalue weighted by Gasteiger charge is 2.26. The third kappa shape index (κ3) is 7.42. The van der Waals surface area contributed by atoms with Crippen LogP contribution in [-0.2, 0) is 4.79 Å². The van der Waals surface area contributed by atoms with E-state index in [2.05, 4.69) is 33.0 Å². The van der Waals surface area contributed by atoms with Crippen molar-refractivity contribution < 1.29 is 27.6 Å². The van der Waals surface area contributed by atoms with E-state index in [0.717, 1.165) is 11.4 Å². The molecule has 7 rings (SSSR count). The first kappa shape index (κ1) is 34.4. The third-order valence-electron chi connectivity index (χ3n) is 8.74. The van der Waals surface area contributed by atoms with Crippen LogP contribution in [0.15, 0.2) is 89.1 Å². The summed E-state index contributed by atoms with van der Waals surface area (Å²) in [5.74, 6) is 0.101. The lowest BCUT2D eigenvalue weighted by Crippen LogP contribution is -2.49. The van der Waals surface area contributed by atoms with E-state index in [1.807, 2.05) is 17.0 Å². The number of fused-ring (bicyclic) bond motifs is 1. The van der Waals surface area contributed by atoms with Gasteiger partial charge in [-0.2, -0.15) is 5.26 Å². The van der Waals surface area contributed by atoms with E-state index in [4.69, 9.17) is 18.8 Å². The molecule has 0 saturated carbocycles. The number of para-hydroxylation sites is 1. The average molecular weight is 691 g/mol. The Labute approximate surface area is 292 Å². The molecule has 0 radical (unpaired) electrons. The molecule has 5 aromatic rings. The smallest absolute Gasteiger partial charge is 0.257 e. The third-order valence-corrected chi connectivity index (χ3v) is 8.74. The largest absolute Gasteiger partial charge is 0.494 e. The highest BCUT2D eigenvalue weighted by molar-refractivity contribution is 6.16. The fraction of sp³-hybridized carbons (Fsp3) is 0.243. The number of methoxy groups -OCH3 is 1. The van der Waals surface area contributed by atoms with Crippen molar-refractivity contribution in [1.82, 2.24) is 24.8 Å². The van der Waals surface area contributed by atoms with Gasteiger partial charge in [-0.15, -0.1) is 0 Å². The van der Waals surface area contributed by atoms with E-state index in [9.17, 15) is 14.0 Å². The zero-order valence-corrected chi connectivity index (χ0v) is 28.0. The van der Waals surface area contributed by atoms with Gasteiger partial charge in [-0.25, -0.2) is 14.4 Å². The molecule has 0 atom stereocenters. The number of rotatable bonds is 6. The molecule has 0 spiro atoms. The predicted molar refractivity (Wildman–Crippen MR) is 188 cm³/mol. The van der Waals surface area contributed by atoms with Gasteiger partial charge in [0, 0.05) is 70.3 Å². The van der Waals surface area contributed by atoms with Gasteiger partial charge >= 0.3 is 0 Å². The molecular formula is C37H35FN8O5. The van der Waals surface area contributed by atoms with Crippen molar-refractivity contribution in [3.05, 3.63) is 108 Å². The standard InChI is InChI=1S/C19H15FN4O2.C18H20N4O3/c20-14-8-13(11-21)9-15(10-14)23-4-6-24(7-5-23)19(25)16-2-1-3-17-18(16)26-12-22-17;1-4-14(17-13(2)20-12-25-17)18(23)22-9-7-21(8-10-22)15-11-19-6-5-16(15)24-3/h1-3,8-10,12H,4-7H2;4-6,11-12H,1-2,7-10H2,3H3/b;17-14-. The lowest BCUT2D eigenvalue weighted by molar-refractivity contribution is -0.125. The van der Waals surface area contributed by atoms with Gasteiger partial charge in [0.2, 0.25) is 0 Å². The second-order valence-corrected chi connectivity index (χ2v) is 11.7. The number of benzene rings is 2. The molecule has 2 aliphatic rings. The number of ether oxygens (including phenoxy) is 1. The van der Waals surface area contributed by atoms with Crippen LogP contribution in [0, 0.1) is 17.1 Å². The molecule has 3 aromatic heterocycles. The lowest BCUT2D eigenvalue weighted by Gasteiger charge is -2.36. The molecule has 13 nitrogen and oxygen atoms in total. The van der Waals surface area contributed by atoms with E-state index in [1.54, 1.807) is 53.6 Å². The maximum atomic E-state index is 13.7. The molecule has 2 saturated heterocycles. The minimum absolute atomic E-state index is 0.107. The molecule has 0 N–H and O–H groups in total. The molecule has 0 aliphatic carbocycles.